The van der Waals surface area contributed by atoms with E-state index < -0.39 is 18.0 Å². The lowest BCUT2D eigenvalue weighted by molar-refractivity contribution is 0.0313. The Labute approximate surface area is 193 Å². The summed E-state index contributed by atoms with van der Waals surface area (Å²) >= 11 is 0. The first-order valence-electron chi connectivity index (χ1n) is 11.0. The fourth-order valence-electron chi connectivity index (χ4n) is 3.81. The van der Waals surface area contributed by atoms with Gasteiger partial charge in [0.15, 0.2) is 0 Å². The molecule has 1 N–H and O–H groups in total. The summed E-state index contributed by atoms with van der Waals surface area (Å²) in [5.74, 6) is -1.06. The fourth-order valence-corrected chi connectivity index (χ4v) is 3.81. The number of benzene rings is 1. The largest absolute Gasteiger partial charge is 0.472 e. The number of pyridine rings is 1. The highest BCUT2D eigenvalue weighted by atomic mass is 19.1. The van der Waals surface area contributed by atoms with Crippen molar-refractivity contribution in [1.82, 2.24) is 14.8 Å². The molecule has 0 bridgehead atoms. The molecule has 1 aliphatic rings. The number of rotatable bonds is 6. The zero-order chi connectivity index (χ0) is 24.1. The molecule has 0 unspecified atom stereocenters. The minimum Gasteiger partial charge on any atom is -0.472 e. The van der Waals surface area contributed by atoms with Gasteiger partial charge in [0.25, 0.3) is 11.8 Å². The van der Waals surface area contributed by atoms with Gasteiger partial charge < -0.3 is 19.6 Å². The molecule has 2 heterocycles. The van der Waals surface area contributed by atoms with E-state index in [1.54, 1.807) is 37.2 Å². The number of aliphatic hydroxyl groups is 1. The number of aliphatic hydroxyl groups excluding tert-OH is 1. The van der Waals surface area contributed by atoms with Crippen LogP contribution in [0.4, 0.5) is 4.39 Å². The first-order valence-corrected chi connectivity index (χ1v) is 11.0. The standard InChI is InChI=1S/C25H30FN3O4/c1-5-7-18-10-21-23(27-12-18)33-22(16(2)13-29(25(21)32)17(3)15-30)14-28(4)24(31)19-8-6-9-20(26)11-19/h5-12,16-17,22,30H,13-15H2,1-4H3/t16-,17+,22+/m0/s1. The zero-order valence-electron chi connectivity index (χ0n) is 19.4. The normalized spacial score (nSPS) is 19.5. The molecule has 0 spiro atoms. The number of fused-ring (bicyclic) bond motifs is 1. The number of halogens is 1. The Bertz CT molecular complexity index is 1040. The van der Waals surface area contributed by atoms with Gasteiger partial charge in [-0.2, -0.15) is 0 Å². The van der Waals surface area contributed by atoms with Crippen LogP contribution in [0.25, 0.3) is 6.08 Å². The van der Waals surface area contributed by atoms with Crippen molar-refractivity contribution in [3.8, 4) is 5.88 Å². The minimum absolute atomic E-state index is 0.170. The second-order valence-electron chi connectivity index (χ2n) is 8.44. The highest BCUT2D eigenvalue weighted by Gasteiger charge is 2.34. The van der Waals surface area contributed by atoms with Crippen LogP contribution in [0, 0.1) is 11.7 Å². The molecule has 1 aromatic heterocycles. The molecule has 0 fully saturated rings. The third kappa shape index (κ3) is 5.57. The maximum absolute atomic E-state index is 13.6. The molecular weight excluding hydrogens is 425 g/mol. The minimum atomic E-state index is -0.480. The predicted molar refractivity (Wildman–Crippen MR) is 123 cm³/mol. The Hall–Kier alpha value is -3.26. The van der Waals surface area contributed by atoms with Gasteiger partial charge in [-0.15, -0.1) is 0 Å². The Morgan fingerprint density at radius 3 is 2.85 bits per heavy atom. The van der Waals surface area contributed by atoms with E-state index in [1.165, 1.54) is 23.1 Å². The number of amides is 2. The molecule has 2 aromatic rings. The Kier molecular flexibility index (Phi) is 7.81. The van der Waals surface area contributed by atoms with Crippen LogP contribution in [0.2, 0.25) is 0 Å². The molecule has 0 saturated heterocycles. The van der Waals surface area contributed by atoms with E-state index in [9.17, 15) is 19.1 Å². The predicted octanol–water partition coefficient (Wildman–Crippen LogP) is 3.25. The summed E-state index contributed by atoms with van der Waals surface area (Å²) in [5.41, 5.74) is 1.31. The molecular formula is C25H30FN3O4. The highest BCUT2D eigenvalue weighted by molar-refractivity contribution is 5.97. The third-order valence-electron chi connectivity index (χ3n) is 5.77. The molecule has 8 heteroatoms. The number of hydrogen-bond donors (Lipinski definition) is 1. The monoisotopic (exact) mass is 455 g/mol. The molecule has 0 aliphatic carbocycles. The van der Waals surface area contributed by atoms with Crippen LogP contribution in [0.1, 0.15) is 47.1 Å². The second-order valence-corrected chi connectivity index (χ2v) is 8.44. The number of carbonyl (C=O) groups is 2. The van der Waals surface area contributed by atoms with Gasteiger partial charge in [-0.3, -0.25) is 9.59 Å². The fraction of sp³-hybridized carbons (Fsp3) is 0.400. The maximum atomic E-state index is 13.6. The van der Waals surface area contributed by atoms with Crippen LogP contribution in [0.5, 0.6) is 5.88 Å². The van der Waals surface area contributed by atoms with Gasteiger partial charge in [-0.25, -0.2) is 9.37 Å². The van der Waals surface area contributed by atoms with Gasteiger partial charge in [-0.1, -0.05) is 25.1 Å². The number of hydrogen-bond acceptors (Lipinski definition) is 5. The maximum Gasteiger partial charge on any atom is 0.259 e. The van der Waals surface area contributed by atoms with Gasteiger partial charge in [0.1, 0.15) is 17.5 Å². The van der Waals surface area contributed by atoms with Crippen molar-refractivity contribution in [2.45, 2.75) is 32.9 Å². The van der Waals surface area contributed by atoms with E-state index in [1.807, 2.05) is 26.0 Å². The average molecular weight is 456 g/mol. The van der Waals surface area contributed by atoms with Gasteiger partial charge in [0.05, 0.1) is 19.2 Å². The molecule has 1 aromatic carbocycles. The molecule has 3 atom stereocenters. The second kappa shape index (κ2) is 10.6. The van der Waals surface area contributed by atoms with Crippen LogP contribution in [0.3, 0.4) is 0 Å². The molecule has 0 saturated carbocycles. The van der Waals surface area contributed by atoms with Crippen LogP contribution in [-0.2, 0) is 0 Å². The lowest BCUT2D eigenvalue weighted by Gasteiger charge is -2.37. The Morgan fingerprint density at radius 2 is 2.18 bits per heavy atom. The zero-order valence-corrected chi connectivity index (χ0v) is 19.4. The smallest absolute Gasteiger partial charge is 0.259 e. The number of likely N-dealkylation sites (N-methyl/N-ethyl adjacent to an activating group) is 1. The summed E-state index contributed by atoms with van der Waals surface area (Å²) in [6, 6.07) is 6.86. The summed E-state index contributed by atoms with van der Waals surface area (Å²) in [5, 5.41) is 9.74. The van der Waals surface area contributed by atoms with Crippen molar-refractivity contribution < 1.29 is 23.8 Å². The van der Waals surface area contributed by atoms with E-state index in [-0.39, 0.29) is 42.3 Å². The van der Waals surface area contributed by atoms with Crippen molar-refractivity contribution in [1.29, 1.82) is 0 Å². The van der Waals surface area contributed by atoms with Gasteiger partial charge in [-0.05, 0) is 43.7 Å². The summed E-state index contributed by atoms with van der Waals surface area (Å²) < 4.78 is 19.8. The number of ether oxygens (including phenoxy) is 1. The van der Waals surface area contributed by atoms with Crippen LogP contribution in [-0.4, -0.2) is 70.6 Å². The molecule has 1 aliphatic heterocycles. The lowest BCUT2D eigenvalue weighted by atomic mass is 9.99. The average Bonchev–Trinajstić information content (AvgIpc) is 2.80. The summed E-state index contributed by atoms with van der Waals surface area (Å²) in [4.78, 5) is 33.6. The summed E-state index contributed by atoms with van der Waals surface area (Å²) in [6.45, 7) is 5.95. The highest BCUT2D eigenvalue weighted by Crippen LogP contribution is 2.28. The van der Waals surface area contributed by atoms with E-state index in [4.69, 9.17) is 4.74 Å². The van der Waals surface area contributed by atoms with E-state index in [0.29, 0.717) is 12.1 Å². The molecule has 0 radical (unpaired) electrons. The molecule has 33 heavy (non-hydrogen) atoms. The Balaban J connectivity index is 1.93. The van der Waals surface area contributed by atoms with E-state index >= 15 is 0 Å². The summed E-state index contributed by atoms with van der Waals surface area (Å²) in [6.07, 6.45) is 4.83. The van der Waals surface area contributed by atoms with Gasteiger partial charge in [0, 0.05) is 31.3 Å². The molecule has 2 amide bonds. The van der Waals surface area contributed by atoms with Crippen LogP contribution < -0.4 is 4.74 Å². The lowest BCUT2D eigenvalue weighted by Crippen LogP contribution is -2.50. The summed E-state index contributed by atoms with van der Waals surface area (Å²) in [7, 11) is 1.63. The van der Waals surface area contributed by atoms with Crippen molar-refractivity contribution in [2.24, 2.45) is 5.92 Å². The first kappa shape index (κ1) is 24.4. The van der Waals surface area contributed by atoms with Gasteiger partial charge in [0.2, 0.25) is 5.88 Å². The van der Waals surface area contributed by atoms with Crippen molar-refractivity contribution in [3.63, 3.8) is 0 Å². The number of carbonyl (C=O) groups excluding carboxylic acids is 2. The number of nitrogens with zero attached hydrogens (tertiary/aromatic N) is 3. The van der Waals surface area contributed by atoms with Crippen molar-refractivity contribution in [3.05, 3.63) is 65.1 Å². The first-order chi connectivity index (χ1) is 15.7. The van der Waals surface area contributed by atoms with Crippen molar-refractivity contribution in [2.75, 3.05) is 26.7 Å². The Morgan fingerprint density at radius 1 is 1.42 bits per heavy atom. The van der Waals surface area contributed by atoms with Crippen LogP contribution >= 0.6 is 0 Å². The third-order valence-corrected chi connectivity index (χ3v) is 5.77. The number of allylic oxidation sites excluding steroid dienone is 1. The molecule has 3 rings (SSSR count). The quantitative estimate of drug-likeness (QED) is 0.723. The topological polar surface area (TPSA) is 83.0 Å². The van der Waals surface area contributed by atoms with E-state index in [2.05, 4.69) is 4.98 Å². The number of aromatic nitrogens is 1. The van der Waals surface area contributed by atoms with Crippen molar-refractivity contribution >= 4 is 17.9 Å². The van der Waals surface area contributed by atoms with E-state index in [0.717, 1.165) is 5.56 Å². The SMILES string of the molecule is CC=Cc1cnc2c(c1)C(=O)N([C@H](C)CO)C[C@H](C)[C@@H](CN(C)C(=O)c1cccc(F)c1)O2. The molecule has 7 nitrogen and oxygen atoms in total. The van der Waals surface area contributed by atoms with Gasteiger partial charge >= 0.3 is 0 Å². The molecule has 176 valence electrons. The van der Waals surface area contributed by atoms with Crippen LogP contribution in [0.15, 0.2) is 42.6 Å².